The first-order valence-corrected chi connectivity index (χ1v) is 7.07. The van der Waals surface area contributed by atoms with Gasteiger partial charge in [0.25, 0.3) is 0 Å². The van der Waals surface area contributed by atoms with Gasteiger partial charge in [-0.25, -0.2) is 9.97 Å². The number of fused-ring (bicyclic) bond motifs is 1. The summed E-state index contributed by atoms with van der Waals surface area (Å²) in [7, 11) is 0. The predicted molar refractivity (Wildman–Crippen MR) is 84.7 cm³/mol. The van der Waals surface area contributed by atoms with Crippen molar-refractivity contribution in [3.8, 4) is 11.4 Å². The van der Waals surface area contributed by atoms with Gasteiger partial charge in [0.15, 0.2) is 5.82 Å². The average Bonchev–Trinajstić information content (AvgIpc) is 2.39. The van der Waals surface area contributed by atoms with Gasteiger partial charge in [-0.1, -0.05) is 46.9 Å². The van der Waals surface area contributed by atoms with Gasteiger partial charge < -0.3 is 0 Å². The number of halogens is 3. The molecular weight excluding hydrogens is 315 g/mol. The van der Waals surface area contributed by atoms with E-state index in [0.717, 1.165) is 16.5 Å². The Kier molecular flexibility index (Phi) is 3.55. The molecule has 0 atom stereocenters. The molecule has 20 heavy (non-hydrogen) atoms. The van der Waals surface area contributed by atoms with Gasteiger partial charge in [-0.3, -0.25) is 0 Å². The second-order valence-electron chi connectivity index (χ2n) is 4.49. The molecule has 1 aromatic heterocycles. The molecule has 0 unspecified atom stereocenters. The minimum Gasteiger partial charge on any atom is -0.226 e. The summed E-state index contributed by atoms with van der Waals surface area (Å²) >= 11 is 18.5. The molecule has 3 rings (SSSR count). The van der Waals surface area contributed by atoms with E-state index in [2.05, 4.69) is 9.97 Å². The molecule has 2 aromatic carbocycles. The van der Waals surface area contributed by atoms with Gasteiger partial charge in [0.05, 0.1) is 10.5 Å². The fourth-order valence-electron chi connectivity index (χ4n) is 2.05. The Hall–Kier alpha value is -1.35. The van der Waals surface area contributed by atoms with E-state index >= 15 is 0 Å². The number of hydrogen-bond donors (Lipinski definition) is 0. The molecule has 0 saturated carbocycles. The number of nitrogens with zero attached hydrogens (tertiary/aromatic N) is 2. The average molecular weight is 324 g/mol. The number of benzene rings is 2. The predicted octanol–water partition coefficient (Wildman–Crippen LogP) is 5.57. The highest BCUT2D eigenvalue weighted by Crippen LogP contribution is 2.31. The van der Waals surface area contributed by atoms with Crippen molar-refractivity contribution in [2.24, 2.45) is 0 Å². The van der Waals surface area contributed by atoms with Crippen molar-refractivity contribution in [1.29, 1.82) is 0 Å². The largest absolute Gasteiger partial charge is 0.226 e. The third-order valence-corrected chi connectivity index (χ3v) is 3.75. The van der Waals surface area contributed by atoms with E-state index in [1.807, 2.05) is 31.2 Å². The summed E-state index contributed by atoms with van der Waals surface area (Å²) in [5.74, 6) is 0.510. The third-order valence-electron chi connectivity index (χ3n) is 2.93. The van der Waals surface area contributed by atoms with Crippen LogP contribution in [0.3, 0.4) is 0 Å². The molecule has 0 bridgehead atoms. The smallest absolute Gasteiger partial charge is 0.161 e. The Morgan fingerprint density at radius 3 is 2.50 bits per heavy atom. The normalized spacial score (nSPS) is 11.0. The molecule has 0 saturated heterocycles. The topological polar surface area (TPSA) is 25.8 Å². The van der Waals surface area contributed by atoms with Crippen LogP contribution in [0.1, 0.15) is 5.56 Å². The third kappa shape index (κ3) is 2.47. The van der Waals surface area contributed by atoms with E-state index in [-0.39, 0.29) is 0 Å². The first-order chi connectivity index (χ1) is 9.54. The standard InChI is InChI=1S/C15H9Cl3N2/c1-8-5-11-13(12(17)6-8)19-15(20-14(11)18)9-3-2-4-10(16)7-9/h2-7H,1H3. The van der Waals surface area contributed by atoms with Crippen LogP contribution in [0.5, 0.6) is 0 Å². The molecule has 0 N–H and O–H groups in total. The van der Waals surface area contributed by atoms with Gasteiger partial charge in [0.1, 0.15) is 5.15 Å². The summed E-state index contributed by atoms with van der Waals surface area (Å²) in [4.78, 5) is 8.83. The molecule has 0 radical (unpaired) electrons. The van der Waals surface area contributed by atoms with Gasteiger partial charge in [-0.15, -0.1) is 0 Å². The summed E-state index contributed by atoms with van der Waals surface area (Å²) in [6.07, 6.45) is 0. The van der Waals surface area contributed by atoms with E-state index in [1.54, 1.807) is 12.1 Å². The monoisotopic (exact) mass is 322 g/mol. The maximum Gasteiger partial charge on any atom is 0.161 e. The fourth-order valence-corrected chi connectivity index (χ4v) is 2.78. The molecule has 0 aliphatic heterocycles. The van der Waals surface area contributed by atoms with Crippen LogP contribution in [0.25, 0.3) is 22.3 Å². The van der Waals surface area contributed by atoms with Gasteiger partial charge in [0.2, 0.25) is 0 Å². The Labute approximate surface area is 131 Å². The van der Waals surface area contributed by atoms with Crippen LogP contribution in [0, 0.1) is 6.92 Å². The zero-order valence-corrected chi connectivity index (χ0v) is 12.8. The highest BCUT2D eigenvalue weighted by molar-refractivity contribution is 6.38. The molecule has 0 aliphatic rings. The Morgan fingerprint density at radius 2 is 1.75 bits per heavy atom. The molecule has 3 aromatic rings. The number of hydrogen-bond acceptors (Lipinski definition) is 2. The minimum atomic E-state index is 0.385. The van der Waals surface area contributed by atoms with Crippen LogP contribution < -0.4 is 0 Å². The highest BCUT2D eigenvalue weighted by atomic mass is 35.5. The zero-order valence-electron chi connectivity index (χ0n) is 10.5. The molecule has 1 heterocycles. The molecule has 100 valence electrons. The first kappa shape index (κ1) is 13.6. The summed E-state index contributed by atoms with van der Waals surface area (Å²) in [5, 5.41) is 2.32. The van der Waals surface area contributed by atoms with Crippen molar-refractivity contribution >= 4 is 45.7 Å². The lowest BCUT2D eigenvalue weighted by atomic mass is 10.1. The van der Waals surface area contributed by atoms with Crippen LogP contribution in [0.15, 0.2) is 36.4 Å². The van der Waals surface area contributed by atoms with Gasteiger partial charge >= 0.3 is 0 Å². The Balaban J connectivity index is 2.29. The maximum atomic E-state index is 6.25. The number of aryl methyl sites for hydroxylation is 1. The quantitative estimate of drug-likeness (QED) is 0.547. The molecular formula is C15H9Cl3N2. The lowest BCUT2D eigenvalue weighted by Crippen LogP contribution is -1.93. The summed E-state index contributed by atoms with van der Waals surface area (Å²) in [6, 6.07) is 11.1. The van der Waals surface area contributed by atoms with Crippen molar-refractivity contribution in [2.75, 3.05) is 0 Å². The van der Waals surface area contributed by atoms with Crippen LogP contribution in [-0.4, -0.2) is 9.97 Å². The lowest BCUT2D eigenvalue weighted by molar-refractivity contribution is 1.22. The molecule has 0 spiro atoms. The molecule has 0 amide bonds. The second-order valence-corrected chi connectivity index (χ2v) is 5.69. The van der Waals surface area contributed by atoms with Crippen LogP contribution in [-0.2, 0) is 0 Å². The second kappa shape index (κ2) is 5.21. The van der Waals surface area contributed by atoms with Gasteiger partial charge in [-0.2, -0.15) is 0 Å². The lowest BCUT2D eigenvalue weighted by Gasteiger charge is -2.07. The maximum absolute atomic E-state index is 6.25. The molecule has 0 aliphatic carbocycles. The molecule has 0 fully saturated rings. The zero-order chi connectivity index (χ0) is 14.3. The molecule has 2 nitrogen and oxygen atoms in total. The van der Waals surface area contributed by atoms with Gasteiger partial charge in [-0.05, 0) is 36.8 Å². The van der Waals surface area contributed by atoms with E-state index < -0.39 is 0 Å². The van der Waals surface area contributed by atoms with E-state index in [4.69, 9.17) is 34.8 Å². The van der Waals surface area contributed by atoms with Crippen LogP contribution in [0.4, 0.5) is 0 Å². The van der Waals surface area contributed by atoms with E-state index in [1.165, 1.54) is 0 Å². The van der Waals surface area contributed by atoms with E-state index in [9.17, 15) is 0 Å². The number of aromatic nitrogens is 2. The Bertz CT molecular complexity index is 816. The van der Waals surface area contributed by atoms with Crippen molar-refractivity contribution < 1.29 is 0 Å². The highest BCUT2D eigenvalue weighted by Gasteiger charge is 2.11. The SMILES string of the molecule is Cc1cc(Cl)c2nc(-c3cccc(Cl)c3)nc(Cl)c2c1. The van der Waals surface area contributed by atoms with Crippen molar-refractivity contribution in [1.82, 2.24) is 9.97 Å². The summed E-state index contributed by atoms with van der Waals surface area (Å²) < 4.78 is 0. The van der Waals surface area contributed by atoms with E-state index in [0.29, 0.717) is 26.5 Å². The Morgan fingerprint density at radius 1 is 0.950 bits per heavy atom. The van der Waals surface area contributed by atoms with Crippen molar-refractivity contribution in [3.63, 3.8) is 0 Å². The molecule has 5 heteroatoms. The van der Waals surface area contributed by atoms with Gasteiger partial charge in [0, 0.05) is 16.0 Å². The van der Waals surface area contributed by atoms with Crippen LogP contribution in [0.2, 0.25) is 15.2 Å². The van der Waals surface area contributed by atoms with Crippen molar-refractivity contribution in [2.45, 2.75) is 6.92 Å². The summed E-state index contributed by atoms with van der Waals surface area (Å²) in [6.45, 7) is 1.95. The summed E-state index contributed by atoms with van der Waals surface area (Å²) in [5.41, 5.74) is 2.47. The first-order valence-electron chi connectivity index (χ1n) is 5.94. The van der Waals surface area contributed by atoms with Crippen LogP contribution >= 0.6 is 34.8 Å². The minimum absolute atomic E-state index is 0.385. The fraction of sp³-hybridized carbons (Fsp3) is 0.0667. The number of rotatable bonds is 1. The van der Waals surface area contributed by atoms with Crippen molar-refractivity contribution in [3.05, 3.63) is 57.2 Å².